The highest BCUT2D eigenvalue weighted by molar-refractivity contribution is 9.10. The molecule has 1 fully saturated rings. The lowest BCUT2D eigenvalue weighted by molar-refractivity contribution is 0.107. The molecule has 0 radical (unpaired) electrons. The summed E-state index contributed by atoms with van der Waals surface area (Å²) in [5.41, 5.74) is 2.62. The Balaban J connectivity index is 1.86. The first kappa shape index (κ1) is 13.1. The maximum atomic E-state index is 5.38. The summed E-state index contributed by atoms with van der Waals surface area (Å²) in [4.78, 5) is 0. The van der Waals surface area contributed by atoms with Gasteiger partial charge in [-0.25, -0.2) is 0 Å². The molecule has 1 aliphatic carbocycles. The van der Waals surface area contributed by atoms with E-state index in [9.17, 15) is 0 Å². The minimum atomic E-state index is 0.453. The molecule has 1 N–H and O–H groups in total. The van der Waals surface area contributed by atoms with Gasteiger partial charge in [-0.3, -0.25) is 0 Å². The van der Waals surface area contributed by atoms with Crippen LogP contribution >= 0.6 is 15.9 Å². The monoisotopic (exact) mass is 297 g/mol. The molecule has 0 spiro atoms. The second-order valence-electron chi connectivity index (χ2n) is 4.84. The van der Waals surface area contributed by atoms with Gasteiger partial charge in [0.1, 0.15) is 0 Å². The van der Waals surface area contributed by atoms with E-state index in [2.05, 4.69) is 46.4 Å². The molecule has 94 valence electrons. The smallest absolute Gasteiger partial charge is 0.0586 e. The zero-order valence-electron chi connectivity index (χ0n) is 10.5. The van der Waals surface area contributed by atoms with Gasteiger partial charge in [-0.05, 0) is 43.4 Å². The van der Waals surface area contributed by atoms with Crippen LogP contribution in [0.3, 0.4) is 0 Å². The van der Waals surface area contributed by atoms with Crippen molar-refractivity contribution in [2.45, 2.75) is 44.9 Å². The normalized spacial score (nSPS) is 24.2. The first-order chi connectivity index (χ1) is 8.19. The number of halogens is 1. The lowest BCUT2D eigenvalue weighted by Gasteiger charge is -2.14. The number of ether oxygens (including phenoxy) is 1. The van der Waals surface area contributed by atoms with E-state index in [4.69, 9.17) is 4.74 Å². The van der Waals surface area contributed by atoms with E-state index < -0.39 is 0 Å². The number of rotatable bonds is 4. The summed E-state index contributed by atoms with van der Waals surface area (Å²) in [6.45, 7) is 3.05. The van der Waals surface area contributed by atoms with Gasteiger partial charge in [0.2, 0.25) is 0 Å². The molecule has 2 unspecified atom stereocenters. The van der Waals surface area contributed by atoms with Gasteiger partial charge in [0.05, 0.1) is 6.10 Å². The summed E-state index contributed by atoms with van der Waals surface area (Å²) >= 11 is 3.62. The van der Waals surface area contributed by atoms with Crippen molar-refractivity contribution in [1.29, 1.82) is 0 Å². The fourth-order valence-corrected chi connectivity index (χ4v) is 3.02. The van der Waals surface area contributed by atoms with Crippen molar-refractivity contribution in [2.24, 2.45) is 0 Å². The maximum absolute atomic E-state index is 5.38. The number of nitrogens with one attached hydrogen (secondary N) is 1. The Hall–Kier alpha value is -0.380. The Bertz CT molecular complexity index is 380. The predicted octanol–water partition coefficient (Wildman–Crippen LogP) is 3.41. The first-order valence-electron chi connectivity index (χ1n) is 6.20. The van der Waals surface area contributed by atoms with Crippen LogP contribution in [0, 0.1) is 6.92 Å². The molecule has 3 heteroatoms. The van der Waals surface area contributed by atoms with Gasteiger partial charge >= 0.3 is 0 Å². The highest BCUT2D eigenvalue weighted by Gasteiger charge is 2.23. The Kier molecular flexibility index (Phi) is 4.60. The average molecular weight is 298 g/mol. The van der Waals surface area contributed by atoms with Crippen LogP contribution in [0.2, 0.25) is 0 Å². The SMILES string of the molecule is COC1CCC(NCc2ccc(C)cc2Br)C1. The molecule has 0 aromatic heterocycles. The quantitative estimate of drug-likeness (QED) is 0.919. The molecule has 1 aromatic carbocycles. The minimum absolute atomic E-state index is 0.453. The van der Waals surface area contributed by atoms with Crippen LogP contribution in [-0.2, 0) is 11.3 Å². The van der Waals surface area contributed by atoms with Crippen LogP contribution in [0.1, 0.15) is 30.4 Å². The fourth-order valence-electron chi connectivity index (χ4n) is 2.39. The lowest BCUT2D eigenvalue weighted by Crippen LogP contribution is -2.26. The van der Waals surface area contributed by atoms with Gasteiger partial charge in [0.15, 0.2) is 0 Å². The molecule has 17 heavy (non-hydrogen) atoms. The molecule has 0 bridgehead atoms. The summed E-state index contributed by atoms with van der Waals surface area (Å²) < 4.78 is 6.58. The van der Waals surface area contributed by atoms with Crippen molar-refractivity contribution in [3.63, 3.8) is 0 Å². The molecule has 0 amide bonds. The van der Waals surface area contributed by atoms with Crippen LogP contribution in [-0.4, -0.2) is 19.3 Å². The Morgan fingerprint density at radius 2 is 2.24 bits per heavy atom. The van der Waals surface area contributed by atoms with Crippen molar-refractivity contribution in [1.82, 2.24) is 5.32 Å². The number of aryl methyl sites for hydroxylation is 1. The third-order valence-electron chi connectivity index (χ3n) is 3.51. The van der Waals surface area contributed by atoms with Gasteiger partial charge in [0, 0.05) is 24.2 Å². The third-order valence-corrected chi connectivity index (χ3v) is 4.25. The predicted molar refractivity (Wildman–Crippen MR) is 74.2 cm³/mol. The standard InChI is InChI=1S/C14H20BrNO/c1-10-3-4-11(14(15)7-10)9-16-12-5-6-13(8-12)17-2/h3-4,7,12-13,16H,5-6,8-9H2,1-2H3. The molecular weight excluding hydrogens is 278 g/mol. The van der Waals surface area contributed by atoms with Gasteiger partial charge < -0.3 is 10.1 Å². The van der Waals surface area contributed by atoms with E-state index >= 15 is 0 Å². The first-order valence-corrected chi connectivity index (χ1v) is 6.99. The average Bonchev–Trinajstić information content (AvgIpc) is 2.76. The van der Waals surface area contributed by atoms with E-state index in [1.165, 1.54) is 28.4 Å². The van der Waals surface area contributed by atoms with Crippen LogP contribution in [0.5, 0.6) is 0 Å². The summed E-state index contributed by atoms with van der Waals surface area (Å²) in [7, 11) is 1.81. The van der Waals surface area contributed by atoms with Crippen LogP contribution in [0.15, 0.2) is 22.7 Å². The van der Waals surface area contributed by atoms with Crippen molar-refractivity contribution >= 4 is 15.9 Å². The van der Waals surface area contributed by atoms with Crippen LogP contribution < -0.4 is 5.32 Å². The lowest BCUT2D eigenvalue weighted by atomic mass is 10.1. The van der Waals surface area contributed by atoms with E-state index in [0.717, 1.165) is 13.0 Å². The third kappa shape index (κ3) is 3.54. The Morgan fingerprint density at radius 1 is 1.41 bits per heavy atom. The molecule has 1 saturated carbocycles. The van der Waals surface area contributed by atoms with Crippen molar-refractivity contribution in [3.05, 3.63) is 33.8 Å². The molecule has 1 aromatic rings. The Morgan fingerprint density at radius 3 is 2.88 bits per heavy atom. The molecular formula is C14H20BrNO. The van der Waals surface area contributed by atoms with Gasteiger partial charge in [-0.15, -0.1) is 0 Å². The maximum Gasteiger partial charge on any atom is 0.0586 e. The molecule has 0 aliphatic heterocycles. The van der Waals surface area contributed by atoms with Crippen LogP contribution in [0.25, 0.3) is 0 Å². The topological polar surface area (TPSA) is 21.3 Å². The second-order valence-corrected chi connectivity index (χ2v) is 5.70. The Labute approximate surface area is 112 Å². The van der Waals surface area contributed by atoms with E-state index in [1.807, 2.05) is 7.11 Å². The van der Waals surface area contributed by atoms with E-state index in [0.29, 0.717) is 12.1 Å². The minimum Gasteiger partial charge on any atom is -0.381 e. The number of hydrogen-bond donors (Lipinski definition) is 1. The number of hydrogen-bond acceptors (Lipinski definition) is 2. The highest BCUT2D eigenvalue weighted by atomic mass is 79.9. The zero-order valence-corrected chi connectivity index (χ0v) is 12.1. The molecule has 2 nitrogen and oxygen atoms in total. The number of methoxy groups -OCH3 is 1. The second kappa shape index (κ2) is 5.98. The molecule has 2 rings (SSSR count). The summed E-state index contributed by atoms with van der Waals surface area (Å²) in [5, 5.41) is 3.61. The van der Waals surface area contributed by atoms with Crippen LogP contribution in [0.4, 0.5) is 0 Å². The zero-order chi connectivity index (χ0) is 12.3. The van der Waals surface area contributed by atoms with Crippen molar-refractivity contribution in [3.8, 4) is 0 Å². The summed E-state index contributed by atoms with van der Waals surface area (Å²) in [6, 6.07) is 7.13. The van der Waals surface area contributed by atoms with Gasteiger partial charge in [-0.1, -0.05) is 28.1 Å². The molecule has 0 saturated heterocycles. The van der Waals surface area contributed by atoms with E-state index in [1.54, 1.807) is 0 Å². The largest absolute Gasteiger partial charge is 0.381 e. The van der Waals surface area contributed by atoms with Crippen molar-refractivity contribution < 1.29 is 4.74 Å². The van der Waals surface area contributed by atoms with Crippen molar-refractivity contribution in [2.75, 3.05) is 7.11 Å². The number of benzene rings is 1. The van der Waals surface area contributed by atoms with Gasteiger partial charge in [0.25, 0.3) is 0 Å². The molecule has 1 aliphatic rings. The molecule has 0 heterocycles. The van der Waals surface area contributed by atoms with E-state index in [-0.39, 0.29) is 0 Å². The highest BCUT2D eigenvalue weighted by Crippen LogP contribution is 2.23. The summed E-state index contributed by atoms with van der Waals surface area (Å²) in [6.07, 6.45) is 4.00. The summed E-state index contributed by atoms with van der Waals surface area (Å²) in [5.74, 6) is 0. The molecule has 2 atom stereocenters. The fraction of sp³-hybridized carbons (Fsp3) is 0.571. The van der Waals surface area contributed by atoms with Gasteiger partial charge in [-0.2, -0.15) is 0 Å².